The molecule has 0 aliphatic rings. The lowest BCUT2D eigenvalue weighted by atomic mass is 9.87. The number of amides is 1. The minimum Gasteiger partial charge on any atom is -0.495 e. The van der Waals surface area contributed by atoms with Crippen molar-refractivity contribution in [2.75, 3.05) is 19.0 Å². The number of nitrogens with one attached hydrogen (secondary N) is 2. The lowest BCUT2D eigenvalue weighted by molar-refractivity contribution is -0.116. The highest BCUT2D eigenvalue weighted by molar-refractivity contribution is 7.89. The van der Waals surface area contributed by atoms with Gasteiger partial charge in [-0.1, -0.05) is 39.0 Å². The molecule has 0 heterocycles. The van der Waals surface area contributed by atoms with E-state index in [0.29, 0.717) is 11.4 Å². The molecule has 28 heavy (non-hydrogen) atoms. The van der Waals surface area contributed by atoms with Crippen LogP contribution >= 0.6 is 0 Å². The minimum atomic E-state index is -3.67. The highest BCUT2D eigenvalue weighted by atomic mass is 32.2. The zero-order valence-corrected chi connectivity index (χ0v) is 17.8. The van der Waals surface area contributed by atoms with E-state index in [9.17, 15) is 13.2 Å². The van der Waals surface area contributed by atoms with Gasteiger partial charge in [0.05, 0.1) is 17.7 Å². The summed E-state index contributed by atoms with van der Waals surface area (Å²) < 4.78 is 32.5. The third-order valence-corrected chi connectivity index (χ3v) is 5.78. The zero-order valence-electron chi connectivity index (χ0n) is 17.0. The van der Waals surface area contributed by atoms with Gasteiger partial charge in [0.25, 0.3) is 0 Å². The molecular weight excluding hydrogens is 376 g/mol. The van der Waals surface area contributed by atoms with Crippen LogP contribution in [0.25, 0.3) is 0 Å². The Morgan fingerprint density at radius 3 is 2.29 bits per heavy atom. The van der Waals surface area contributed by atoms with Gasteiger partial charge in [-0.3, -0.25) is 4.79 Å². The van der Waals surface area contributed by atoms with Crippen molar-refractivity contribution in [2.45, 2.75) is 44.4 Å². The molecule has 0 fully saturated rings. The van der Waals surface area contributed by atoms with Crippen LogP contribution in [0.15, 0.2) is 47.4 Å². The molecule has 7 heteroatoms. The van der Waals surface area contributed by atoms with E-state index in [4.69, 9.17) is 4.74 Å². The van der Waals surface area contributed by atoms with Crippen LogP contribution in [0.3, 0.4) is 0 Å². The predicted molar refractivity (Wildman–Crippen MR) is 111 cm³/mol. The van der Waals surface area contributed by atoms with Crippen LogP contribution in [0.1, 0.15) is 38.3 Å². The van der Waals surface area contributed by atoms with Crippen molar-refractivity contribution in [1.82, 2.24) is 4.72 Å². The molecule has 1 amide bonds. The summed E-state index contributed by atoms with van der Waals surface area (Å²) in [5, 5.41) is 2.75. The first-order valence-corrected chi connectivity index (χ1v) is 10.6. The Morgan fingerprint density at radius 2 is 1.71 bits per heavy atom. The van der Waals surface area contributed by atoms with Gasteiger partial charge < -0.3 is 10.1 Å². The second-order valence-corrected chi connectivity index (χ2v) is 9.44. The molecule has 0 aliphatic heterocycles. The molecule has 0 saturated heterocycles. The second kappa shape index (κ2) is 8.75. The van der Waals surface area contributed by atoms with E-state index in [2.05, 4.69) is 30.8 Å². The average molecular weight is 405 g/mol. The molecule has 152 valence electrons. The number of anilines is 1. The summed E-state index contributed by atoms with van der Waals surface area (Å²) in [5.74, 6) is 0.258. The topological polar surface area (TPSA) is 84.5 Å². The standard InChI is InChI=1S/C21H28N2O4S/c1-15-6-11-19(27-5)18(14-15)23-20(24)12-13-22-28(25,26)17-9-7-16(8-10-17)21(2,3)4/h6-11,14,22H,12-13H2,1-5H3,(H,23,24). The molecule has 2 N–H and O–H groups in total. The number of benzene rings is 2. The van der Waals surface area contributed by atoms with Crippen LogP contribution in [0.5, 0.6) is 5.75 Å². The molecule has 0 spiro atoms. The van der Waals surface area contributed by atoms with Crippen molar-refractivity contribution >= 4 is 21.6 Å². The summed E-state index contributed by atoms with van der Waals surface area (Å²) in [6, 6.07) is 12.2. The molecule has 0 aromatic heterocycles. The second-order valence-electron chi connectivity index (χ2n) is 7.67. The van der Waals surface area contributed by atoms with Crippen LogP contribution in [-0.4, -0.2) is 28.0 Å². The third-order valence-electron chi connectivity index (χ3n) is 4.30. The Balaban J connectivity index is 1.95. The van der Waals surface area contributed by atoms with E-state index >= 15 is 0 Å². The van der Waals surface area contributed by atoms with E-state index < -0.39 is 10.0 Å². The van der Waals surface area contributed by atoms with Gasteiger partial charge >= 0.3 is 0 Å². The fourth-order valence-electron chi connectivity index (χ4n) is 2.65. The lowest BCUT2D eigenvalue weighted by Crippen LogP contribution is -2.28. The molecule has 0 saturated carbocycles. The molecule has 6 nitrogen and oxygen atoms in total. The van der Waals surface area contributed by atoms with Crippen molar-refractivity contribution < 1.29 is 17.9 Å². The summed E-state index contributed by atoms with van der Waals surface area (Å²) in [6.07, 6.45) is 0.0103. The van der Waals surface area contributed by atoms with Gasteiger partial charge in [0.1, 0.15) is 5.75 Å². The number of methoxy groups -OCH3 is 1. The van der Waals surface area contributed by atoms with Crippen molar-refractivity contribution in [3.05, 3.63) is 53.6 Å². The Labute approximate surface area is 167 Å². The number of carbonyl (C=O) groups is 1. The molecule has 0 atom stereocenters. The Morgan fingerprint density at radius 1 is 1.07 bits per heavy atom. The monoisotopic (exact) mass is 404 g/mol. The van der Waals surface area contributed by atoms with Crippen molar-refractivity contribution in [3.63, 3.8) is 0 Å². The Hall–Kier alpha value is -2.38. The molecule has 2 aromatic rings. The SMILES string of the molecule is COc1ccc(C)cc1NC(=O)CCNS(=O)(=O)c1ccc(C(C)(C)C)cc1. The Kier molecular flexibility index (Phi) is 6.85. The van der Waals surface area contributed by atoms with E-state index in [1.165, 1.54) is 7.11 Å². The number of hydrogen-bond donors (Lipinski definition) is 2. The van der Waals surface area contributed by atoms with Gasteiger partial charge in [0, 0.05) is 13.0 Å². The first kappa shape index (κ1) is 21.9. The molecular formula is C21H28N2O4S. The van der Waals surface area contributed by atoms with Gasteiger partial charge in [0.15, 0.2) is 0 Å². The third kappa shape index (κ3) is 5.81. The fourth-order valence-corrected chi connectivity index (χ4v) is 3.68. The lowest BCUT2D eigenvalue weighted by Gasteiger charge is -2.19. The van der Waals surface area contributed by atoms with E-state index in [0.717, 1.165) is 11.1 Å². The van der Waals surface area contributed by atoms with E-state index in [-0.39, 0.29) is 29.2 Å². The summed E-state index contributed by atoms with van der Waals surface area (Å²) in [5.41, 5.74) is 2.55. The van der Waals surface area contributed by atoms with Gasteiger partial charge in [0.2, 0.25) is 15.9 Å². The van der Waals surface area contributed by atoms with Crippen LogP contribution in [0.2, 0.25) is 0 Å². The normalized spacial score (nSPS) is 11.9. The first-order chi connectivity index (χ1) is 13.0. The maximum absolute atomic E-state index is 12.4. The maximum atomic E-state index is 12.4. The largest absolute Gasteiger partial charge is 0.495 e. The molecule has 0 radical (unpaired) electrons. The molecule has 0 aliphatic carbocycles. The number of carbonyl (C=O) groups excluding carboxylic acids is 1. The molecule has 0 bridgehead atoms. The Bertz CT molecular complexity index is 930. The predicted octanol–water partition coefficient (Wildman–Crippen LogP) is 3.61. The number of aryl methyl sites for hydroxylation is 1. The number of ether oxygens (including phenoxy) is 1. The number of sulfonamides is 1. The van der Waals surface area contributed by atoms with Crippen LogP contribution < -0.4 is 14.8 Å². The summed E-state index contributed by atoms with van der Waals surface area (Å²) in [6.45, 7) is 8.11. The summed E-state index contributed by atoms with van der Waals surface area (Å²) >= 11 is 0. The number of rotatable bonds is 7. The van der Waals surface area contributed by atoms with E-state index in [1.54, 1.807) is 24.3 Å². The number of hydrogen-bond acceptors (Lipinski definition) is 4. The quantitative estimate of drug-likeness (QED) is 0.738. The van der Waals surface area contributed by atoms with Crippen molar-refractivity contribution in [1.29, 1.82) is 0 Å². The molecule has 0 unspecified atom stereocenters. The van der Waals surface area contributed by atoms with Crippen molar-refractivity contribution in [3.8, 4) is 5.75 Å². The van der Waals surface area contributed by atoms with Gasteiger partial charge in [-0.15, -0.1) is 0 Å². The van der Waals surface area contributed by atoms with Gasteiger partial charge in [-0.05, 0) is 47.7 Å². The maximum Gasteiger partial charge on any atom is 0.240 e. The highest BCUT2D eigenvalue weighted by Gasteiger charge is 2.18. The zero-order chi connectivity index (χ0) is 20.9. The fraction of sp³-hybridized carbons (Fsp3) is 0.381. The highest BCUT2D eigenvalue weighted by Crippen LogP contribution is 2.25. The minimum absolute atomic E-state index is 0.00329. The summed E-state index contributed by atoms with van der Waals surface area (Å²) in [7, 11) is -2.14. The molecule has 2 rings (SSSR count). The average Bonchev–Trinajstić information content (AvgIpc) is 2.61. The summed E-state index contributed by atoms with van der Waals surface area (Å²) in [4.78, 5) is 12.3. The van der Waals surface area contributed by atoms with E-state index in [1.807, 2.05) is 25.1 Å². The smallest absolute Gasteiger partial charge is 0.240 e. The van der Waals surface area contributed by atoms with Gasteiger partial charge in [-0.25, -0.2) is 13.1 Å². The van der Waals surface area contributed by atoms with Crippen molar-refractivity contribution in [2.24, 2.45) is 0 Å². The first-order valence-electron chi connectivity index (χ1n) is 9.07. The molecule has 2 aromatic carbocycles. The van der Waals surface area contributed by atoms with Crippen LogP contribution in [0.4, 0.5) is 5.69 Å². The van der Waals surface area contributed by atoms with Crippen LogP contribution in [0, 0.1) is 6.92 Å². The van der Waals surface area contributed by atoms with Crippen LogP contribution in [-0.2, 0) is 20.2 Å². The van der Waals surface area contributed by atoms with Gasteiger partial charge in [-0.2, -0.15) is 0 Å².